The lowest BCUT2D eigenvalue weighted by atomic mass is 9.86. The first-order valence-corrected chi connectivity index (χ1v) is 14.6. The molecule has 9 nitrogen and oxygen atoms in total. The minimum atomic E-state index is -1.16. The van der Waals surface area contributed by atoms with E-state index in [9.17, 15) is 14.4 Å². The Labute approximate surface area is 270 Å². The molecule has 0 aliphatic heterocycles. The molecule has 0 heterocycles. The number of halogens is 4. The molecule has 2 amide bonds. The van der Waals surface area contributed by atoms with Crippen LogP contribution in [0.4, 0.5) is 10.5 Å². The van der Waals surface area contributed by atoms with Crippen molar-refractivity contribution in [2.75, 3.05) is 19.0 Å². The average molecular weight is 674 g/mol. The summed E-state index contributed by atoms with van der Waals surface area (Å²) in [6, 6.07) is 17.3. The van der Waals surface area contributed by atoms with E-state index < -0.39 is 18.5 Å². The fourth-order valence-corrected chi connectivity index (χ4v) is 4.98. The third kappa shape index (κ3) is 12.4. The van der Waals surface area contributed by atoms with Gasteiger partial charge in [-0.05, 0) is 61.2 Å². The zero-order valence-electron chi connectivity index (χ0n) is 23.4. The van der Waals surface area contributed by atoms with Crippen molar-refractivity contribution in [2.24, 2.45) is 5.92 Å². The summed E-state index contributed by atoms with van der Waals surface area (Å²) in [6.45, 7) is 1.80. The van der Waals surface area contributed by atoms with Crippen LogP contribution in [0.15, 0.2) is 60.7 Å². The standard InChI is InChI=1S/C14H20N2O.2C8H6Cl2O3/c1-11-7-5-6-10-13(11)16-14(17)15-12-8-3-2-4-9-12;1-13-7-5(10)3-2-4(9)6(7)8(11)12;9-5-1-2-7(6(10)3-5)13-4-8(11)12/h2-4,8-9,11,13H,5-7,10H2,1H3,(H2,15,16,17);2-3H,1H3,(H,11,12);1-3H,4H2,(H,11,12). The van der Waals surface area contributed by atoms with Crippen LogP contribution in [0.3, 0.4) is 0 Å². The summed E-state index contributed by atoms with van der Waals surface area (Å²) >= 11 is 22.7. The summed E-state index contributed by atoms with van der Waals surface area (Å²) < 4.78 is 9.68. The van der Waals surface area contributed by atoms with Crippen molar-refractivity contribution in [1.82, 2.24) is 5.32 Å². The van der Waals surface area contributed by atoms with Crippen LogP contribution in [0.5, 0.6) is 11.5 Å². The van der Waals surface area contributed by atoms with Gasteiger partial charge in [0.25, 0.3) is 0 Å². The van der Waals surface area contributed by atoms with Crippen LogP contribution in [0.2, 0.25) is 20.1 Å². The largest absolute Gasteiger partial charge is 0.494 e. The van der Waals surface area contributed by atoms with Gasteiger partial charge in [0.2, 0.25) is 0 Å². The molecule has 0 radical (unpaired) electrons. The number of rotatable bonds is 7. The van der Waals surface area contributed by atoms with Crippen LogP contribution in [0, 0.1) is 5.92 Å². The molecule has 1 aliphatic carbocycles. The van der Waals surface area contributed by atoms with Crippen molar-refractivity contribution < 1.29 is 34.1 Å². The molecule has 1 aliphatic rings. The number of para-hydroxylation sites is 1. The van der Waals surface area contributed by atoms with Gasteiger partial charge in [0.05, 0.1) is 22.2 Å². The van der Waals surface area contributed by atoms with Crippen LogP contribution in [-0.2, 0) is 4.79 Å². The fraction of sp³-hybridized carbons (Fsp3) is 0.300. The molecule has 2 unspecified atom stereocenters. The van der Waals surface area contributed by atoms with Gasteiger partial charge in [-0.1, -0.05) is 84.4 Å². The fourth-order valence-electron chi connectivity index (χ4n) is 4.05. The zero-order chi connectivity index (χ0) is 31.9. The van der Waals surface area contributed by atoms with Gasteiger partial charge < -0.3 is 30.3 Å². The number of carboxylic acid groups (broad SMARTS) is 2. The first kappa shape index (κ1) is 35.8. The highest BCUT2D eigenvalue weighted by molar-refractivity contribution is 6.37. The maximum atomic E-state index is 11.8. The predicted octanol–water partition coefficient (Wildman–Crippen LogP) is 8.54. The van der Waals surface area contributed by atoms with Crippen molar-refractivity contribution >= 4 is 70.1 Å². The third-order valence-electron chi connectivity index (χ3n) is 6.18. The number of benzene rings is 3. The van der Waals surface area contributed by atoms with E-state index in [0.29, 0.717) is 27.8 Å². The van der Waals surface area contributed by atoms with Gasteiger partial charge in [0, 0.05) is 16.8 Å². The molecule has 0 bridgehead atoms. The number of carbonyl (C=O) groups excluding carboxylic acids is 1. The number of hydrogen-bond donors (Lipinski definition) is 4. The first-order valence-electron chi connectivity index (χ1n) is 13.1. The molecule has 4 rings (SSSR count). The van der Waals surface area contributed by atoms with Crippen LogP contribution in [-0.4, -0.2) is 47.9 Å². The number of methoxy groups -OCH3 is 1. The SMILES string of the molecule is CC1CCCCC1NC(=O)Nc1ccccc1.COc1c(Cl)ccc(Cl)c1C(=O)O.O=C(O)COc1ccc(Cl)cc1Cl. The number of carboxylic acids is 2. The molecule has 0 aromatic heterocycles. The van der Waals surface area contributed by atoms with Gasteiger partial charge in [-0.3, -0.25) is 0 Å². The lowest BCUT2D eigenvalue weighted by Gasteiger charge is -2.29. The molecule has 1 saturated carbocycles. The lowest BCUT2D eigenvalue weighted by molar-refractivity contribution is -0.139. The summed E-state index contributed by atoms with van der Waals surface area (Å²) in [7, 11) is 1.34. The van der Waals surface area contributed by atoms with Crippen molar-refractivity contribution in [3.63, 3.8) is 0 Å². The Balaban J connectivity index is 0.000000229. The number of carbonyl (C=O) groups is 3. The maximum Gasteiger partial charge on any atom is 0.341 e. The summed E-state index contributed by atoms with van der Waals surface area (Å²) in [5.41, 5.74) is 0.727. The smallest absolute Gasteiger partial charge is 0.341 e. The highest BCUT2D eigenvalue weighted by atomic mass is 35.5. The number of hydrogen-bond acceptors (Lipinski definition) is 5. The Morgan fingerprint density at radius 3 is 2.09 bits per heavy atom. The van der Waals surface area contributed by atoms with E-state index >= 15 is 0 Å². The van der Waals surface area contributed by atoms with Gasteiger partial charge in [-0.25, -0.2) is 14.4 Å². The summed E-state index contributed by atoms with van der Waals surface area (Å²) in [5.74, 6) is -1.23. The Bertz CT molecular complexity index is 1380. The van der Waals surface area contributed by atoms with Gasteiger partial charge >= 0.3 is 18.0 Å². The van der Waals surface area contributed by atoms with Gasteiger partial charge in [0.1, 0.15) is 11.3 Å². The molecule has 0 saturated heterocycles. The van der Waals surface area contributed by atoms with Crippen molar-refractivity contribution in [3.05, 3.63) is 86.3 Å². The molecule has 4 N–H and O–H groups in total. The lowest BCUT2D eigenvalue weighted by Crippen LogP contribution is -2.43. The molecule has 0 spiro atoms. The molecule has 2 atom stereocenters. The quantitative estimate of drug-likeness (QED) is 0.197. The van der Waals surface area contributed by atoms with E-state index in [4.69, 9.17) is 66.1 Å². The molecular weight excluding hydrogens is 642 g/mol. The number of ether oxygens (including phenoxy) is 2. The van der Waals surface area contributed by atoms with Crippen molar-refractivity contribution in [2.45, 2.75) is 38.6 Å². The molecular formula is C30H32Cl4N2O7. The topological polar surface area (TPSA) is 134 Å². The number of nitrogens with one attached hydrogen (secondary N) is 2. The van der Waals surface area contributed by atoms with Crippen molar-refractivity contribution in [1.29, 1.82) is 0 Å². The Kier molecular flexibility index (Phi) is 15.3. The molecule has 3 aromatic carbocycles. The second-order valence-electron chi connectivity index (χ2n) is 9.33. The Hall–Kier alpha value is -3.37. The van der Waals surface area contributed by atoms with Crippen LogP contribution >= 0.6 is 46.4 Å². The number of aromatic carboxylic acids is 1. The van der Waals surface area contributed by atoms with Crippen molar-refractivity contribution in [3.8, 4) is 11.5 Å². The summed E-state index contributed by atoms with van der Waals surface area (Å²) in [4.78, 5) is 32.7. The van der Waals surface area contributed by atoms with E-state index in [1.807, 2.05) is 30.3 Å². The molecule has 3 aromatic rings. The van der Waals surface area contributed by atoms with E-state index in [1.165, 1.54) is 50.6 Å². The maximum absolute atomic E-state index is 11.8. The second kappa shape index (κ2) is 18.3. The Morgan fingerprint density at radius 1 is 0.884 bits per heavy atom. The summed E-state index contributed by atoms with van der Waals surface area (Å²) in [5, 5.41) is 24.1. The van der Waals surface area contributed by atoms with Crippen LogP contribution in [0.1, 0.15) is 43.0 Å². The molecule has 1 fully saturated rings. The van der Waals surface area contributed by atoms with E-state index in [2.05, 4.69) is 17.6 Å². The van der Waals surface area contributed by atoms with E-state index in [1.54, 1.807) is 6.07 Å². The normalized spacial score (nSPS) is 15.4. The van der Waals surface area contributed by atoms with Gasteiger partial charge in [-0.15, -0.1) is 0 Å². The minimum Gasteiger partial charge on any atom is -0.494 e. The second-order valence-corrected chi connectivity index (χ2v) is 11.0. The average Bonchev–Trinajstić information content (AvgIpc) is 2.96. The highest BCUT2D eigenvalue weighted by Gasteiger charge is 2.22. The number of urea groups is 1. The minimum absolute atomic E-state index is 0.0849. The predicted molar refractivity (Wildman–Crippen MR) is 170 cm³/mol. The summed E-state index contributed by atoms with van der Waals surface area (Å²) in [6.07, 6.45) is 4.83. The van der Waals surface area contributed by atoms with Gasteiger partial charge in [0.15, 0.2) is 12.4 Å². The van der Waals surface area contributed by atoms with E-state index in [0.717, 1.165) is 12.1 Å². The first-order chi connectivity index (χ1) is 20.4. The van der Waals surface area contributed by atoms with Crippen LogP contribution in [0.25, 0.3) is 0 Å². The zero-order valence-corrected chi connectivity index (χ0v) is 26.4. The highest BCUT2D eigenvalue weighted by Crippen LogP contribution is 2.33. The van der Waals surface area contributed by atoms with E-state index in [-0.39, 0.29) is 27.4 Å². The van der Waals surface area contributed by atoms with Gasteiger partial charge in [-0.2, -0.15) is 0 Å². The number of amides is 2. The van der Waals surface area contributed by atoms with Crippen LogP contribution < -0.4 is 20.1 Å². The number of anilines is 1. The molecule has 232 valence electrons. The molecule has 13 heteroatoms. The third-order valence-corrected chi connectivity index (χ3v) is 7.32. The Morgan fingerprint density at radius 2 is 1.53 bits per heavy atom. The number of aliphatic carboxylic acids is 1. The molecule has 43 heavy (non-hydrogen) atoms. The monoisotopic (exact) mass is 672 g/mol.